The molecule has 0 fully saturated rings. The molecule has 0 bridgehead atoms. The van der Waals surface area contributed by atoms with Crippen LogP contribution in [0.2, 0.25) is 17.3 Å². The van der Waals surface area contributed by atoms with Gasteiger partial charge in [0.25, 0.3) is 0 Å². The van der Waals surface area contributed by atoms with Gasteiger partial charge in [-0.25, -0.2) is 0 Å². The molecular weight excluding hydrogens is 387 g/mol. The average molecular weight is 427 g/mol. The molecule has 0 aliphatic rings. The maximum absolute atomic E-state index is 2.51. The minimum atomic E-state index is -1.91. The van der Waals surface area contributed by atoms with Crippen LogP contribution in [0.15, 0.2) is 30.5 Å². The normalized spacial score (nSPS) is 12.3. The fraction of sp³-hybridized carbons (Fsp3) is 0.560. The third-order valence-corrected chi connectivity index (χ3v) is 10.1. The fourth-order valence-electron chi connectivity index (χ4n) is 4.17. The number of aromatic nitrogens is 1. The number of rotatable bonds is 7. The van der Waals surface area contributed by atoms with Crippen molar-refractivity contribution in [3.05, 3.63) is 47.2 Å². The van der Waals surface area contributed by atoms with Gasteiger partial charge in [0.1, 0.15) is 0 Å². The molecule has 1 heterocycles. The fourth-order valence-corrected chi connectivity index (χ4v) is 7.78. The second kappa shape index (κ2) is 8.94. The molecule has 0 unspecified atom stereocenters. The third kappa shape index (κ3) is 5.25. The Bertz CT molecular complexity index is 780. The van der Waals surface area contributed by atoms with Gasteiger partial charge in [-0.2, -0.15) is 0 Å². The van der Waals surface area contributed by atoms with E-state index in [4.69, 9.17) is 0 Å². The van der Waals surface area contributed by atoms with Crippen molar-refractivity contribution in [3.63, 3.8) is 0 Å². The van der Waals surface area contributed by atoms with Crippen molar-refractivity contribution in [1.29, 1.82) is 0 Å². The summed E-state index contributed by atoms with van der Waals surface area (Å²) >= 11 is -1.91. The van der Waals surface area contributed by atoms with E-state index in [1.165, 1.54) is 41.6 Å². The molecule has 0 aliphatic heterocycles. The zero-order valence-corrected chi connectivity index (χ0v) is 21.2. The molecule has 2 aromatic rings. The number of hydrogen-bond acceptors (Lipinski definition) is 0. The third-order valence-electron chi connectivity index (χ3n) is 5.79. The number of aryl methyl sites for hydroxylation is 2. The molecular formula is C25H40GeN+. The molecule has 0 N–H and O–H groups in total. The summed E-state index contributed by atoms with van der Waals surface area (Å²) in [5.41, 5.74) is 7.22. The van der Waals surface area contributed by atoms with Gasteiger partial charge in [-0.3, -0.25) is 0 Å². The summed E-state index contributed by atoms with van der Waals surface area (Å²) in [6.45, 7) is 11.5. The molecule has 1 aromatic heterocycles. The van der Waals surface area contributed by atoms with Gasteiger partial charge in [-0.1, -0.05) is 0 Å². The zero-order valence-electron chi connectivity index (χ0n) is 19.1. The first-order chi connectivity index (χ1) is 12.6. The minimum absolute atomic E-state index is 0.661. The Hall–Kier alpha value is -1.09. The molecule has 0 saturated carbocycles. The predicted molar refractivity (Wildman–Crippen MR) is 123 cm³/mol. The van der Waals surface area contributed by atoms with Crippen LogP contribution in [0.4, 0.5) is 0 Å². The molecule has 2 rings (SSSR count). The van der Waals surface area contributed by atoms with Crippen LogP contribution in [0.25, 0.3) is 11.3 Å². The van der Waals surface area contributed by atoms with Crippen molar-refractivity contribution in [1.82, 2.24) is 0 Å². The Labute approximate surface area is 170 Å². The first-order valence-corrected chi connectivity index (χ1v) is 18.1. The Morgan fingerprint density at radius 1 is 1.00 bits per heavy atom. The topological polar surface area (TPSA) is 3.88 Å². The molecule has 0 atom stereocenters. The summed E-state index contributed by atoms with van der Waals surface area (Å²) in [5, 5.41) is 0. The molecule has 148 valence electrons. The Morgan fingerprint density at radius 2 is 1.63 bits per heavy atom. The Kier molecular flexibility index (Phi) is 7.35. The van der Waals surface area contributed by atoms with Crippen LogP contribution in [0.3, 0.4) is 0 Å². The van der Waals surface area contributed by atoms with E-state index in [0.29, 0.717) is 11.8 Å². The van der Waals surface area contributed by atoms with Crippen LogP contribution >= 0.6 is 0 Å². The molecule has 27 heavy (non-hydrogen) atoms. The van der Waals surface area contributed by atoms with Gasteiger partial charge in [-0.05, 0) is 0 Å². The summed E-state index contributed by atoms with van der Waals surface area (Å²) in [7, 11) is 2.23. The number of nitrogens with zero attached hydrogens (tertiary/aromatic N) is 1. The van der Waals surface area contributed by atoms with E-state index in [9.17, 15) is 0 Å². The SMILES string of the molecule is CCC(CC)c1ccc(C)c(-c2cc(CC(C)C)[c]([Ge]([CH3])([CH3])[CH3])c[n+]2C)c1. The number of hydrogen-bond donors (Lipinski definition) is 0. The molecule has 0 radical (unpaired) electrons. The van der Waals surface area contributed by atoms with Crippen molar-refractivity contribution >= 4 is 17.7 Å². The van der Waals surface area contributed by atoms with Crippen molar-refractivity contribution < 1.29 is 4.57 Å². The molecule has 0 amide bonds. The molecule has 0 spiro atoms. The Morgan fingerprint density at radius 3 is 2.15 bits per heavy atom. The quantitative estimate of drug-likeness (QED) is 0.370. The van der Waals surface area contributed by atoms with Crippen molar-refractivity contribution in [2.24, 2.45) is 13.0 Å². The monoisotopic (exact) mass is 428 g/mol. The van der Waals surface area contributed by atoms with Gasteiger partial charge in [0, 0.05) is 0 Å². The van der Waals surface area contributed by atoms with Crippen molar-refractivity contribution in [2.75, 3.05) is 0 Å². The summed E-state index contributed by atoms with van der Waals surface area (Å²) in [5.74, 6) is 8.88. The number of pyridine rings is 1. The standard InChI is InChI=1S/C25H40GeN/c1-10-20(11-2)21-13-12-19(5)23(15-21)25-16-22(14-18(3)4)24(17-27(25)9)26(6,7)8/h12-13,15-18,20H,10-11,14H2,1-9H3/q+1. The zero-order chi connectivity index (χ0) is 20.4. The summed E-state index contributed by atoms with van der Waals surface area (Å²) in [6, 6.07) is 9.62. The van der Waals surface area contributed by atoms with Gasteiger partial charge in [0.2, 0.25) is 0 Å². The predicted octanol–water partition coefficient (Wildman–Crippen LogP) is 6.13. The van der Waals surface area contributed by atoms with Gasteiger partial charge in [0.15, 0.2) is 0 Å². The van der Waals surface area contributed by atoms with Crippen LogP contribution in [-0.4, -0.2) is 13.3 Å². The summed E-state index contributed by atoms with van der Waals surface area (Å²) in [4.78, 5) is 0. The molecule has 2 heteroatoms. The van der Waals surface area contributed by atoms with E-state index in [0.717, 1.165) is 0 Å². The van der Waals surface area contributed by atoms with Crippen LogP contribution in [0.1, 0.15) is 63.1 Å². The van der Waals surface area contributed by atoms with Crippen molar-refractivity contribution in [2.45, 2.75) is 77.1 Å². The van der Waals surface area contributed by atoms with Gasteiger partial charge in [0.05, 0.1) is 0 Å². The van der Waals surface area contributed by atoms with Crippen LogP contribution in [0, 0.1) is 12.8 Å². The molecule has 0 aliphatic carbocycles. The average Bonchev–Trinajstić information content (AvgIpc) is 2.57. The van der Waals surface area contributed by atoms with Crippen molar-refractivity contribution in [3.8, 4) is 11.3 Å². The second-order valence-electron chi connectivity index (χ2n) is 9.64. The van der Waals surface area contributed by atoms with E-state index in [-0.39, 0.29) is 0 Å². The van der Waals surface area contributed by atoms with E-state index >= 15 is 0 Å². The first kappa shape index (κ1) is 22.2. The summed E-state index contributed by atoms with van der Waals surface area (Å²) in [6.07, 6.45) is 6.05. The number of benzene rings is 1. The van der Waals surface area contributed by atoms with Crippen LogP contribution in [-0.2, 0) is 13.5 Å². The van der Waals surface area contributed by atoms with Crippen LogP contribution in [0.5, 0.6) is 0 Å². The molecule has 1 aromatic carbocycles. The maximum atomic E-state index is 2.51. The van der Waals surface area contributed by atoms with E-state index in [1.807, 2.05) is 0 Å². The van der Waals surface area contributed by atoms with Gasteiger partial charge < -0.3 is 0 Å². The first-order valence-electron chi connectivity index (χ1n) is 10.7. The van der Waals surface area contributed by atoms with Gasteiger partial charge >= 0.3 is 171 Å². The van der Waals surface area contributed by atoms with Gasteiger partial charge in [-0.15, -0.1) is 0 Å². The molecule has 0 saturated heterocycles. The Balaban J connectivity index is 2.66. The molecule has 1 nitrogen and oxygen atoms in total. The second-order valence-corrected chi connectivity index (χ2v) is 20.2. The van der Waals surface area contributed by atoms with Crippen LogP contribution < -0.4 is 8.96 Å². The van der Waals surface area contributed by atoms with E-state index < -0.39 is 13.3 Å². The van der Waals surface area contributed by atoms with E-state index in [2.05, 4.69) is 94.0 Å². The van der Waals surface area contributed by atoms with E-state index in [1.54, 1.807) is 9.96 Å². The summed E-state index contributed by atoms with van der Waals surface area (Å²) < 4.78 is 4.04.